The molecule has 0 spiro atoms. The van der Waals surface area contributed by atoms with Crippen LogP contribution in [-0.2, 0) is 9.53 Å². The Morgan fingerprint density at radius 3 is 2.89 bits per heavy atom. The van der Waals surface area contributed by atoms with Crippen LogP contribution in [0.4, 0.5) is 4.79 Å². The topological polar surface area (TPSA) is 70.1 Å². The molecule has 2 aliphatic rings. The Bertz CT molecular complexity index is 348. The average molecular weight is 270 g/mol. The summed E-state index contributed by atoms with van der Waals surface area (Å²) < 4.78 is 5.69. The number of hydrogen-bond donors (Lipinski definition) is 1. The summed E-state index contributed by atoms with van der Waals surface area (Å²) in [5, 5.41) is 8.73. The summed E-state index contributed by atoms with van der Waals surface area (Å²) in [5.74, 6) is -0.869. The Hall–Kier alpha value is -1.30. The van der Waals surface area contributed by atoms with E-state index < -0.39 is 5.97 Å². The smallest absolute Gasteiger partial charge is 0.320 e. The number of hydrogen-bond acceptors (Lipinski definition) is 3. The van der Waals surface area contributed by atoms with Crippen molar-refractivity contribution in [1.82, 2.24) is 9.80 Å². The monoisotopic (exact) mass is 270 g/mol. The van der Waals surface area contributed by atoms with Crippen molar-refractivity contribution in [3.05, 3.63) is 0 Å². The van der Waals surface area contributed by atoms with Gasteiger partial charge < -0.3 is 19.6 Å². The van der Waals surface area contributed by atoms with Gasteiger partial charge in [0.1, 0.15) is 0 Å². The molecule has 2 amide bonds. The third-order valence-corrected chi connectivity index (χ3v) is 3.98. The van der Waals surface area contributed by atoms with Gasteiger partial charge in [-0.1, -0.05) is 0 Å². The van der Waals surface area contributed by atoms with Gasteiger partial charge in [-0.25, -0.2) is 4.79 Å². The van der Waals surface area contributed by atoms with Crippen LogP contribution in [0.25, 0.3) is 0 Å². The molecule has 6 nitrogen and oxygen atoms in total. The second-order valence-corrected chi connectivity index (χ2v) is 5.11. The molecule has 1 aliphatic carbocycles. The number of carbonyl (C=O) groups excluding carboxylic acids is 1. The lowest BCUT2D eigenvalue weighted by molar-refractivity contribution is -0.137. The van der Waals surface area contributed by atoms with Crippen molar-refractivity contribution >= 4 is 12.0 Å². The number of fused-ring (bicyclic) bond motifs is 1. The maximum atomic E-state index is 12.5. The summed E-state index contributed by atoms with van der Waals surface area (Å²) in [6.45, 7) is 3.90. The van der Waals surface area contributed by atoms with Crippen LogP contribution in [0.3, 0.4) is 0 Å². The van der Waals surface area contributed by atoms with Crippen molar-refractivity contribution in [2.75, 3.05) is 26.2 Å². The van der Waals surface area contributed by atoms with Gasteiger partial charge >= 0.3 is 12.0 Å². The Balaban J connectivity index is 1.97. The number of carbonyl (C=O) groups is 2. The Kier molecular flexibility index (Phi) is 4.63. The third kappa shape index (κ3) is 3.18. The molecule has 0 aromatic carbocycles. The summed E-state index contributed by atoms with van der Waals surface area (Å²) in [6.07, 6.45) is 3.29. The number of urea groups is 1. The lowest BCUT2D eigenvalue weighted by atomic mass is 10.1. The maximum absolute atomic E-state index is 12.5. The SMILES string of the molecule is CCN(CCC(=O)O)C(=O)N1CCOC2CCCC21. The van der Waals surface area contributed by atoms with Crippen LogP contribution in [0, 0.1) is 0 Å². The van der Waals surface area contributed by atoms with Crippen molar-refractivity contribution in [1.29, 1.82) is 0 Å². The molecule has 1 saturated heterocycles. The van der Waals surface area contributed by atoms with E-state index in [4.69, 9.17) is 9.84 Å². The molecule has 1 saturated carbocycles. The summed E-state index contributed by atoms with van der Waals surface area (Å²) >= 11 is 0. The molecule has 2 fully saturated rings. The van der Waals surface area contributed by atoms with Gasteiger partial charge in [0.25, 0.3) is 0 Å². The molecule has 0 radical (unpaired) electrons. The zero-order valence-electron chi connectivity index (χ0n) is 11.4. The van der Waals surface area contributed by atoms with E-state index in [0.717, 1.165) is 19.3 Å². The first kappa shape index (κ1) is 14.1. The summed E-state index contributed by atoms with van der Waals surface area (Å²) in [4.78, 5) is 26.6. The second kappa shape index (κ2) is 6.23. The van der Waals surface area contributed by atoms with Gasteiger partial charge in [0.2, 0.25) is 0 Å². The van der Waals surface area contributed by atoms with Crippen LogP contribution in [0.2, 0.25) is 0 Å². The molecule has 2 unspecified atom stereocenters. The van der Waals surface area contributed by atoms with Gasteiger partial charge in [-0.15, -0.1) is 0 Å². The van der Waals surface area contributed by atoms with Gasteiger partial charge in [0, 0.05) is 19.6 Å². The van der Waals surface area contributed by atoms with E-state index in [-0.39, 0.29) is 31.1 Å². The fourth-order valence-corrected chi connectivity index (χ4v) is 2.96. The van der Waals surface area contributed by atoms with Gasteiger partial charge in [-0.3, -0.25) is 4.79 Å². The molecule has 2 rings (SSSR count). The highest BCUT2D eigenvalue weighted by atomic mass is 16.5. The van der Waals surface area contributed by atoms with Crippen molar-refractivity contribution in [2.24, 2.45) is 0 Å². The third-order valence-electron chi connectivity index (χ3n) is 3.98. The van der Waals surface area contributed by atoms with E-state index in [1.807, 2.05) is 11.8 Å². The minimum atomic E-state index is -0.869. The van der Waals surface area contributed by atoms with Crippen molar-refractivity contribution in [2.45, 2.75) is 44.8 Å². The fraction of sp³-hybridized carbons (Fsp3) is 0.846. The fourth-order valence-electron chi connectivity index (χ4n) is 2.96. The molecule has 1 N–H and O–H groups in total. The van der Waals surface area contributed by atoms with Crippen molar-refractivity contribution in [3.63, 3.8) is 0 Å². The van der Waals surface area contributed by atoms with Crippen LogP contribution in [0.1, 0.15) is 32.6 Å². The van der Waals surface area contributed by atoms with E-state index in [2.05, 4.69) is 0 Å². The van der Waals surface area contributed by atoms with Crippen LogP contribution >= 0.6 is 0 Å². The van der Waals surface area contributed by atoms with E-state index >= 15 is 0 Å². The summed E-state index contributed by atoms with van der Waals surface area (Å²) in [7, 11) is 0. The Labute approximate surface area is 113 Å². The molecular formula is C13H22N2O4. The standard InChI is InChI=1S/C13H22N2O4/c1-2-14(7-6-12(16)17)13(18)15-8-9-19-11-5-3-4-10(11)15/h10-11H,2-9H2,1H3,(H,16,17). The van der Waals surface area contributed by atoms with Crippen LogP contribution in [0.15, 0.2) is 0 Å². The molecule has 0 aromatic heterocycles. The summed E-state index contributed by atoms with van der Waals surface area (Å²) in [6, 6.07) is 0.143. The van der Waals surface area contributed by atoms with Crippen molar-refractivity contribution in [3.8, 4) is 0 Å². The lowest BCUT2D eigenvalue weighted by Crippen LogP contribution is -2.55. The van der Waals surface area contributed by atoms with Gasteiger partial charge in [0.15, 0.2) is 0 Å². The number of aliphatic carboxylic acids is 1. The first-order valence-corrected chi connectivity index (χ1v) is 7.02. The van der Waals surface area contributed by atoms with Crippen LogP contribution < -0.4 is 0 Å². The molecule has 6 heteroatoms. The molecular weight excluding hydrogens is 248 g/mol. The molecule has 1 heterocycles. The van der Waals surface area contributed by atoms with E-state index in [0.29, 0.717) is 19.7 Å². The number of nitrogens with zero attached hydrogens (tertiary/aromatic N) is 2. The largest absolute Gasteiger partial charge is 0.481 e. The number of carboxylic acid groups (broad SMARTS) is 1. The first-order valence-electron chi connectivity index (χ1n) is 7.02. The number of rotatable bonds is 4. The number of ether oxygens (including phenoxy) is 1. The first-order chi connectivity index (χ1) is 9.13. The normalized spacial score (nSPS) is 26.1. The predicted octanol–water partition coefficient (Wildman–Crippen LogP) is 1.16. The van der Waals surface area contributed by atoms with Gasteiger partial charge in [0.05, 0.1) is 25.2 Å². The van der Waals surface area contributed by atoms with Gasteiger partial charge in [-0.2, -0.15) is 0 Å². The van der Waals surface area contributed by atoms with E-state index in [1.165, 1.54) is 0 Å². The van der Waals surface area contributed by atoms with Crippen molar-refractivity contribution < 1.29 is 19.4 Å². The molecule has 2 atom stereocenters. The zero-order chi connectivity index (χ0) is 13.8. The average Bonchev–Trinajstić information content (AvgIpc) is 2.86. The zero-order valence-corrected chi connectivity index (χ0v) is 11.4. The van der Waals surface area contributed by atoms with Crippen LogP contribution in [0.5, 0.6) is 0 Å². The Morgan fingerprint density at radius 2 is 2.21 bits per heavy atom. The van der Waals surface area contributed by atoms with E-state index in [9.17, 15) is 9.59 Å². The molecule has 0 bridgehead atoms. The molecule has 1 aliphatic heterocycles. The lowest BCUT2D eigenvalue weighted by Gasteiger charge is -2.40. The van der Waals surface area contributed by atoms with Gasteiger partial charge in [-0.05, 0) is 26.2 Å². The Morgan fingerprint density at radius 1 is 1.42 bits per heavy atom. The quantitative estimate of drug-likeness (QED) is 0.832. The van der Waals surface area contributed by atoms with E-state index in [1.54, 1.807) is 4.90 Å². The highest BCUT2D eigenvalue weighted by Gasteiger charge is 2.39. The molecule has 19 heavy (non-hydrogen) atoms. The highest BCUT2D eigenvalue weighted by Crippen LogP contribution is 2.30. The number of carboxylic acids is 1. The maximum Gasteiger partial charge on any atom is 0.320 e. The minimum Gasteiger partial charge on any atom is -0.481 e. The minimum absolute atomic E-state index is 0.00197. The molecule has 108 valence electrons. The number of morpholine rings is 1. The second-order valence-electron chi connectivity index (χ2n) is 5.11. The molecule has 0 aromatic rings. The highest BCUT2D eigenvalue weighted by molar-refractivity contribution is 5.76. The predicted molar refractivity (Wildman–Crippen MR) is 69.0 cm³/mol. The number of amides is 2. The summed E-state index contributed by atoms with van der Waals surface area (Å²) in [5.41, 5.74) is 0. The van der Waals surface area contributed by atoms with Crippen LogP contribution in [-0.4, -0.2) is 65.3 Å².